The molecule has 41 heavy (non-hydrogen) atoms. The number of amides is 5. The highest BCUT2D eigenvalue weighted by Gasteiger charge is 2.32. The van der Waals surface area contributed by atoms with Gasteiger partial charge in [-0.05, 0) is 57.9 Å². The first kappa shape index (κ1) is 37.2. The predicted molar refractivity (Wildman–Crippen MR) is 147 cm³/mol. The van der Waals surface area contributed by atoms with Crippen LogP contribution in [0.3, 0.4) is 0 Å². The first-order chi connectivity index (χ1) is 19.1. The SMILES string of the molecule is CC(C)C[C@H](NC(=O)[C@H](C)N)C(=O)N[C@@H](CCCCN)C(=O)N[C@@H](CCC(=O)O)C(=O)N[C@@H](CCC(N)=O)C(=O)O. The van der Waals surface area contributed by atoms with E-state index in [0.29, 0.717) is 19.4 Å². The van der Waals surface area contributed by atoms with E-state index in [1.54, 1.807) is 0 Å². The second-order valence-corrected chi connectivity index (χ2v) is 10.2. The number of nitrogens with one attached hydrogen (secondary N) is 4. The zero-order valence-electron chi connectivity index (χ0n) is 23.8. The van der Waals surface area contributed by atoms with Gasteiger partial charge in [-0.3, -0.25) is 28.8 Å². The molecule has 0 aromatic carbocycles. The van der Waals surface area contributed by atoms with Gasteiger partial charge in [-0.25, -0.2) is 4.79 Å². The van der Waals surface area contributed by atoms with Crippen molar-refractivity contribution in [1.82, 2.24) is 21.3 Å². The van der Waals surface area contributed by atoms with Crippen LogP contribution in [0.15, 0.2) is 0 Å². The molecular weight excluding hydrogens is 542 g/mol. The van der Waals surface area contributed by atoms with Crippen molar-refractivity contribution < 1.29 is 43.8 Å². The van der Waals surface area contributed by atoms with Crippen LogP contribution in [-0.4, -0.2) is 88.4 Å². The second-order valence-electron chi connectivity index (χ2n) is 10.2. The fraction of sp³-hybridized carbons (Fsp3) is 0.720. The van der Waals surface area contributed by atoms with Crippen molar-refractivity contribution in [3.05, 3.63) is 0 Å². The van der Waals surface area contributed by atoms with Gasteiger partial charge >= 0.3 is 11.9 Å². The number of carboxylic acids is 2. The van der Waals surface area contributed by atoms with E-state index in [0.717, 1.165) is 0 Å². The molecule has 5 amide bonds. The number of rotatable bonds is 21. The third-order valence-electron chi connectivity index (χ3n) is 5.91. The number of primary amides is 1. The van der Waals surface area contributed by atoms with E-state index < -0.39 is 78.1 Å². The molecule has 16 heteroatoms. The van der Waals surface area contributed by atoms with Crippen LogP contribution in [0.5, 0.6) is 0 Å². The van der Waals surface area contributed by atoms with Crippen molar-refractivity contribution in [3.8, 4) is 0 Å². The second kappa shape index (κ2) is 19.3. The van der Waals surface area contributed by atoms with Crippen LogP contribution >= 0.6 is 0 Å². The smallest absolute Gasteiger partial charge is 0.326 e. The van der Waals surface area contributed by atoms with Gasteiger partial charge in [-0.15, -0.1) is 0 Å². The quantitative estimate of drug-likeness (QED) is 0.0641. The summed E-state index contributed by atoms with van der Waals surface area (Å²) in [5.41, 5.74) is 16.2. The molecule has 0 spiro atoms. The van der Waals surface area contributed by atoms with Crippen LogP contribution in [0.4, 0.5) is 0 Å². The van der Waals surface area contributed by atoms with Crippen molar-refractivity contribution >= 4 is 41.5 Å². The Morgan fingerprint density at radius 1 is 0.659 bits per heavy atom. The van der Waals surface area contributed by atoms with E-state index in [-0.39, 0.29) is 38.0 Å². The third kappa shape index (κ3) is 16.2. The Morgan fingerprint density at radius 3 is 1.56 bits per heavy atom. The van der Waals surface area contributed by atoms with Crippen LogP contribution in [-0.2, 0) is 33.6 Å². The molecule has 0 bridgehead atoms. The van der Waals surface area contributed by atoms with Gasteiger partial charge in [-0.2, -0.15) is 0 Å². The minimum atomic E-state index is -1.52. The van der Waals surface area contributed by atoms with Gasteiger partial charge in [0.1, 0.15) is 24.2 Å². The van der Waals surface area contributed by atoms with Crippen LogP contribution in [0.1, 0.15) is 72.1 Å². The molecule has 0 aliphatic heterocycles. The monoisotopic (exact) mass is 587 g/mol. The molecule has 0 fully saturated rings. The lowest BCUT2D eigenvalue weighted by molar-refractivity contribution is -0.143. The summed E-state index contributed by atoms with van der Waals surface area (Å²) in [7, 11) is 0. The van der Waals surface area contributed by atoms with Gasteiger partial charge in [0, 0.05) is 12.8 Å². The molecule has 0 heterocycles. The normalized spacial score (nSPS) is 14.6. The maximum atomic E-state index is 13.3. The van der Waals surface area contributed by atoms with Crippen molar-refractivity contribution in [1.29, 1.82) is 0 Å². The lowest BCUT2D eigenvalue weighted by Crippen LogP contribution is -2.58. The van der Waals surface area contributed by atoms with Gasteiger partial charge in [-0.1, -0.05) is 13.8 Å². The summed E-state index contributed by atoms with van der Waals surface area (Å²) in [4.78, 5) is 85.3. The first-order valence-electron chi connectivity index (χ1n) is 13.5. The molecule has 0 aromatic rings. The van der Waals surface area contributed by atoms with E-state index in [1.165, 1.54) is 6.92 Å². The Labute approximate surface area is 238 Å². The molecule has 0 aliphatic rings. The molecule has 0 aromatic heterocycles. The Morgan fingerprint density at radius 2 is 1.12 bits per heavy atom. The van der Waals surface area contributed by atoms with Gasteiger partial charge < -0.3 is 48.7 Å². The molecule has 0 saturated carbocycles. The molecule has 16 nitrogen and oxygen atoms in total. The molecule has 5 atom stereocenters. The minimum absolute atomic E-state index is 0.00973. The zero-order valence-corrected chi connectivity index (χ0v) is 23.8. The van der Waals surface area contributed by atoms with Crippen molar-refractivity contribution in [2.24, 2.45) is 23.1 Å². The first-order valence-corrected chi connectivity index (χ1v) is 13.5. The van der Waals surface area contributed by atoms with E-state index in [2.05, 4.69) is 21.3 Å². The van der Waals surface area contributed by atoms with Gasteiger partial charge in [0.15, 0.2) is 0 Å². The van der Waals surface area contributed by atoms with E-state index in [1.807, 2.05) is 13.8 Å². The van der Waals surface area contributed by atoms with Gasteiger partial charge in [0.25, 0.3) is 0 Å². The average Bonchev–Trinajstić information content (AvgIpc) is 2.86. The fourth-order valence-corrected chi connectivity index (χ4v) is 3.67. The number of aliphatic carboxylic acids is 2. The summed E-state index contributed by atoms with van der Waals surface area (Å²) < 4.78 is 0. The lowest BCUT2D eigenvalue weighted by atomic mass is 10.0. The predicted octanol–water partition coefficient (Wildman–Crippen LogP) is -2.34. The standard InChI is InChI=1S/C25H45N7O9/c1-13(2)12-18(32-21(36)14(3)27)24(39)29-15(6-4-5-11-26)22(37)30-16(8-10-20(34)35)23(38)31-17(25(40)41)7-9-19(28)33/h13-18H,4-12,26-27H2,1-3H3,(H2,28,33)(H,29,39)(H,30,37)(H,31,38)(H,32,36)(H,34,35)(H,40,41)/t14-,15-,16-,17-,18-/m0/s1. The number of hydrogen-bond donors (Lipinski definition) is 9. The summed E-state index contributed by atoms with van der Waals surface area (Å²) >= 11 is 0. The highest BCUT2D eigenvalue weighted by Crippen LogP contribution is 2.09. The molecule has 0 aliphatic carbocycles. The fourth-order valence-electron chi connectivity index (χ4n) is 3.67. The number of nitrogens with two attached hydrogens (primary N) is 3. The molecule has 0 saturated heterocycles. The average molecular weight is 588 g/mol. The van der Waals surface area contributed by atoms with Crippen molar-refractivity contribution in [2.75, 3.05) is 6.54 Å². The van der Waals surface area contributed by atoms with Crippen molar-refractivity contribution in [3.63, 3.8) is 0 Å². The maximum absolute atomic E-state index is 13.3. The summed E-state index contributed by atoms with van der Waals surface area (Å²) in [5, 5.41) is 28.2. The van der Waals surface area contributed by atoms with E-state index >= 15 is 0 Å². The minimum Gasteiger partial charge on any atom is -0.481 e. The lowest BCUT2D eigenvalue weighted by Gasteiger charge is -2.26. The number of hydrogen-bond acceptors (Lipinski definition) is 9. The van der Waals surface area contributed by atoms with E-state index in [4.69, 9.17) is 22.3 Å². The van der Waals surface area contributed by atoms with Crippen molar-refractivity contribution in [2.45, 2.75) is 102 Å². The molecule has 234 valence electrons. The van der Waals surface area contributed by atoms with E-state index in [9.17, 15) is 38.7 Å². The van der Waals surface area contributed by atoms with Crippen LogP contribution in [0.2, 0.25) is 0 Å². The molecule has 12 N–H and O–H groups in total. The summed E-state index contributed by atoms with van der Waals surface area (Å²) in [6.07, 6.45) is -0.315. The highest BCUT2D eigenvalue weighted by atomic mass is 16.4. The maximum Gasteiger partial charge on any atom is 0.326 e. The van der Waals surface area contributed by atoms with Gasteiger partial charge in [0.05, 0.1) is 6.04 Å². The van der Waals surface area contributed by atoms with Crippen LogP contribution in [0, 0.1) is 5.92 Å². The number of carbonyl (C=O) groups is 7. The summed E-state index contributed by atoms with van der Waals surface area (Å²) in [6.45, 7) is 5.44. The highest BCUT2D eigenvalue weighted by molar-refractivity contribution is 5.95. The largest absolute Gasteiger partial charge is 0.481 e. The number of carbonyl (C=O) groups excluding carboxylic acids is 5. The van der Waals surface area contributed by atoms with Gasteiger partial charge in [0.2, 0.25) is 29.5 Å². The summed E-state index contributed by atoms with van der Waals surface area (Å²) in [6, 6.07) is -6.09. The Bertz CT molecular complexity index is 927. The molecule has 0 unspecified atom stereocenters. The molecule has 0 rings (SSSR count). The summed E-state index contributed by atoms with van der Waals surface area (Å²) in [5.74, 6) is -6.57. The Balaban J connectivity index is 5.90. The zero-order chi connectivity index (χ0) is 31.7. The molecule has 0 radical (unpaired) electrons. The van der Waals surface area contributed by atoms with Crippen LogP contribution < -0.4 is 38.5 Å². The topological polar surface area (TPSA) is 286 Å². The third-order valence-corrected chi connectivity index (χ3v) is 5.91. The Kier molecular flexibility index (Phi) is 17.5. The number of carboxylic acid groups (broad SMARTS) is 2. The molecular formula is C25H45N7O9. The van der Waals surface area contributed by atoms with Crippen LogP contribution in [0.25, 0.3) is 0 Å². The number of unbranched alkanes of at least 4 members (excludes halogenated alkanes) is 1. The Hall–Kier alpha value is -3.79.